The van der Waals surface area contributed by atoms with Crippen LogP contribution in [0.2, 0.25) is 0 Å². The number of aryl methyl sites for hydroxylation is 1. The van der Waals surface area contributed by atoms with E-state index in [1.54, 1.807) is 0 Å². The second-order valence-electron chi connectivity index (χ2n) is 7.00. The monoisotopic (exact) mass is 388 g/mol. The summed E-state index contributed by atoms with van der Waals surface area (Å²) in [5.41, 5.74) is 0.764. The number of hydrogen-bond acceptors (Lipinski definition) is 8. The maximum atomic E-state index is 11.7. The highest BCUT2D eigenvalue weighted by molar-refractivity contribution is 7.91. The Morgan fingerprint density at radius 1 is 0.920 bits per heavy atom. The van der Waals surface area contributed by atoms with Crippen molar-refractivity contribution in [2.75, 3.05) is 46.9 Å². The maximum absolute atomic E-state index is 11.7. The maximum Gasteiger partial charge on any atom is 0.227 e. The zero-order chi connectivity index (χ0) is 18.4. The second-order valence-corrected chi connectivity index (χ2v) is 11.5. The molecular weight excluding hydrogens is 364 g/mol. The lowest BCUT2D eigenvalue weighted by Crippen LogP contribution is -2.36. The summed E-state index contributed by atoms with van der Waals surface area (Å²) in [5, 5.41) is 0. The molecule has 2 aliphatic heterocycles. The lowest BCUT2D eigenvalue weighted by Gasteiger charge is -2.28. The predicted octanol–water partition coefficient (Wildman–Crippen LogP) is 0.0316. The van der Waals surface area contributed by atoms with Crippen molar-refractivity contribution in [3.05, 3.63) is 11.8 Å². The van der Waals surface area contributed by atoms with Gasteiger partial charge in [0.15, 0.2) is 19.7 Å². The molecule has 25 heavy (non-hydrogen) atoms. The van der Waals surface area contributed by atoms with Crippen molar-refractivity contribution in [3.8, 4) is 0 Å². The molecule has 140 valence electrons. The fraction of sp³-hybridized carbons (Fsp3) is 0.733. The zero-order valence-electron chi connectivity index (χ0n) is 14.7. The predicted molar refractivity (Wildman–Crippen MR) is 97.7 cm³/mol. The van der Waals surface area contributed by atoms with E-state index in [0.717, 1.165) is 5.69 Å². The lowest BCUT2D eigenvalue weighted by molar-refractivity contribution is 0.599. The summed E-state index contributed by atoms with van der Waals surface area (Å²) in [7, 11) is -2.30. The second kappa shape index (κ2) is 6.39. The molecule has 0 aromatic carbocycles. The molecule has 0 saturated carbocycles. The summed E-state index contributed by atoms with van der Waals surface area (Å²) in [6.07, 6.45) is 1.16. The van der Waals surface area contributed by atoms with Gasteiger partial charge in [-0.3, -0.25) is 0 Å². The van der Waals surface area contributed by atoms with Gasteiger partial charge in [-0.2, -0.15) is 4.98 Å². The molecule has 2 unspecified atom stereocenters. The SMILES string of the molecule is Cc1cc(N(C)C2CCS(=O)(=O)C2)nc(N(C)C2CCS(=O)(=O)C2)n1. The van der Waals surface area contributed by atoms with Crippen LogP contribution in [0.4, 0.5) is 11.8 Å². The van der Waals surface area contributed by atoms with Crippen molar-refractivity contribution in [3.63, 3.8) is 0 Å². The topological polar surface area (TPSA) is 101 Å². The van der Waals surface area contributed by atoms with E-state index in [1.165, 1.54) is 0 Å². The van der Waals surface area contributed by atoms with Gasteiger partial charge in [-0.05, 0) is 19.8 Å². The highest BCUT2D eigenvalue weighted by atomic mass is 32.2. The largest absolute Gasteiger partial charge is 0.355 e. The molecule has 0 bridgehead atoms. The number of sulfone groups is 2. The fourth-order valence-electron chi connectivity index (χ4n) is 3.39. The van der Waals surface area contributed by atoms with Crippen molar-refractivity contribution in [2.45, 2.75) is 31.8 Å². The Labute approximate surface area is 149 Å². The van der Waals surface area contributed by atoms with E-state index in [9.17, 15) is 16.8 Å². The molecule has 1 aromatic heterocycles. The molecule has 0 radical (unpaired) electrons. The van der Waals surface area contributed by atoms with Gasteiger partial charge >= 0.3 is 0 Å². The highest BCUT2D eigenvalue weighted by Gasteiger charge is 2.33. The molecule has 2 saturated heterocycles. The van der Waals surface area contributed by atoms with E-state index in [2.05, 4.69) is 9.97 Å². The van der Waals surface area contributed by atoms with Gasteiger partial charge in [0.2, 0.25) is 5.95 Å². The molecule has 2 aliphatic rings. The van der Waals surface area contributed by atoms with Crippen LogP contribution in [0.5, 0.6) is 0 Å². The Hall–Kier alpha value is -1.42. The number of anilines is 2. The van der Waals surface area contributed by atoms with Crippen molar-refractivity contribution < 1.29 is 16.8 Å². The van der Waals surface area contributed by atoms with Gasteiger partial charge in [-0.25, -0.2) is 21.8 Å². The smallest absolute Gasteiger partial charge is 0.227 e. The summed E-state index contributed by atoms with van der Waals surface area (Å²) in [5.74, 6) is 1.80. The van der Waals surface area contributed by atoms with Gasteiger partial charge in [-0.1, -0.05) is 0 Å². The third-order valence-electron chi connectivity index (χ3n) is 5.02. The van der Waals surface area contributed by atoms with Gasteiger partial charge in [0.05, 0.1) is 23.0 Å². The molecular formula is C15H24N4O4S2. The van der Waals surface area contributed by atoms with Crippen LogP contribution in [0.1, 0.15) is 18.5 Å². The first-order valence-corrected chi connectivity index (χ1v) is 11.9. The molecule has 0 aliphatic carbocycles. The van der Waals surface area contributed by atoms with E-state index in [0.29, 0.717) is 24.6 Å². The molecule has 10 heteroatoms. The lowest BCUT2D eigenvalue weighted by atomic mass is 10.2. The molecule has 2 fully saturated rings. The zero-order valence-corrected chi connectivity index (χ0v) is 16.3. The van der Waals surface area contributed by atoms with E-state index in [4.69, 9.17) is 0 Å². The Bertz CT molecular complexity index is 801. The normalized spacial score (nSPS) is 27.3. The molecule has 3 rings (SSSR count). The van der Waals surface area contributed by atoms with Crippen molar-refractivity contribution in [1.29, 1.82) is 0 Å². The van der Waals surface area contributed by atoms with Gasteiger partial charge in [0, 0.05) is 37.9 Å². The van der Waals surface area contributed by atoms with Crippen LogP contribution in [-0.4, -0.2) is 76.0 Å². The number of aromatic nitrogens is 2. The van der Waals surface area contributed by atoms with Crippen LogP contribution in [0, 0.1) is 6.92 Å². The first-order chi connectivity index (χ1) is 11.6. The van der Waals surface area contributed by atoms with E-state index >= 15 is 0 Å². The van der Waals surface area contributed by atoms with Crippen LogP contribution in [0.15, 0.2) is 6.07 Å². The Balaban J connectivity index is 1.83. The Kier molecular flexibility index (Phi) is 4.69. The minimum Gasteiger partial charge on any atom is -0.355 e. The van der Waals surface area contributed by atoms with Crippen LogP contribution in [0.3, 0.4) is 0 Å². The summed E-state index contributed by atoms with van der Waals surface area (Å²) >= 11 is 0. The third kappa shape index (κ3) is 4.05. The first-order valence-electron chi connectivity index (χ1n) is 8.28. The fourth-order valence-corrected chi connectivity index (χ4v) is 6.94. The van der Waals surface area contributed by atoms with Gasteiger partial charge in [-0.15, -0.1) is 0 Å². The summed E-state index contributed by atoms with van der Waals surface area (Å²) < 4.78 is 46.9. The third-order valence-corrected chi connectivity index (χ3v) is 8.52. The van der Waals surface area contributed by atoms with Crippen molar-refractivity contribution in [2.24, 2.45) is 0 Å². The summed E-state index contributed by atoms with van der Waals surface area (Å²) in [6.45, 7) is 1.85. The Morgan fingerprint density at radius 3 is 1.92 bits per heavy atom. The molecule has 3 heterocycles. The minimum atomic E-state index is -2.99. The van der Waals surface area contributed by atoms with E-state index in [-0.39, 0.29) is 35.1 Å². The molecule has 8 nitrogen and oxygen atoms in total. The number of hydrogen-bond donors (Lipinski definition) is 0. The van der Waals surface area contributed by atoms with Crippen molar-refractivity contribution >= 4 is 31.4 Å². The van der Waals surface area contributed by atoms with Crippen LogP contribution in [-0.2, 0) is 19.7 Å². The average Bonchev–Trinajstić information content (AvgIpc) is 3.07. The minimum absolute atomic E-state index is 0.0932. The number of rotatable bonds is 4. The van der Waals surface area contributed by atoms with Crippen molar-refractivity contribution in [1.82, 2.24) is 9.97 Å². The summed E-state index contributed by atoms with van der Waals surface area (Å²) in [4.78, 5) is 12.7. The van der Waals surface area contributed by atoms with Gasteiger partial charge in [0.1, 0.15) is 5.82 Å². The number of nitrogens with zero attached hydrogens (tertiary/aromatic N) is 4. The van der Waals surface area contributed by atoms with E-state index in [1.807, 2.05) is 36.9 Å². The Morgan fingerprint density at radius 2 is 1.44 bits per heavy atom. The van der Waals surface area contributed by atoms with Crippen LogP contribution >= 0.6 is 0 Å². The standard InChI is InChI=1S/C15H24N4O4S2/c1-11-8-14(18(2)12-4-6-24(20,21)9-12)17-15(16-11)19(3)13-5-7-25(22,23)10-13/h8,12-13H,4-7,9-10H2,1-3H3. The van der Waals surface area contributed by atoms with Gasteiger partial charge < -0.3 is 9.80 Å². The molecule has 0 N–H and O–H groups in total. The molecule has 0 spiro atoms. The average molecular weight is 389 g/mol. The van der Waals surface area contributed by atoms with Crippen LogP contribution < -0.4 is 9.80 Å². The summed E-state index contributed by atoms with van der Waals surface area (Å²) in [6, 6.07) is 1.61. The first kappa shape index (κ1) is 18.4. The van der Waals surface area contributed by atoms with Crippen LogP contribution in [0.25, 0.3) is 0 Å². The quantitative estimate of drug-likeness (QED) is 0.712. The molecule has 2 atom stereocenters. The van der Waals surface area contributed by atoms with E-state index < -0.39 is 19.7 Å². The highest BCUT2D eigenvalue weighted by Crippen LogP contribution is 2.25. The molecule has 0 amide bonds. The van der Waals surface area contributed by atoms with Gasteiger partial charge in [0.25, 0.3) is 0 Å². The molecule has 1 aromatic rings.